The quantitative estimate of drug-likeness (QED) is 0.811. The van der Waals surface area contributed by atoms with Gasteiger partial charge in [-0.05, 0) is 30.0 Å². The summed E-state index contributed by atoms with van der Waals surface area (Å²) in [6.07, 6.45) is 1.08. The van der Waals surface area contributed by atoms with Crippen LogP contribution in [0.25, 0.3) is 0 Å². The van der Waals surface area contributed by atoms with Crippen LogP contribution >= 0.6 is 11.3 Å². The Morgan fingerprint density at radius 2 is 2.16 bits per heavy atom. The molecule has 2 aromatic rings. The van der Waals surface area contributed by atoms with Crippen molar-refractivity contribution in [1.29, 1.82) is 0 Å². The Hall–Kier alpha value is -1.82. The molecule has 0 saturated carbocycles. The monoisotopic (exact) mass is 282 g/mol. The zero-order chi connectivity index (χ0) is 14.0. The van der Waals surface area contributed by atoms with Crippen LogP contribution in [0, 0.1) is 18.7 Å². The number of nitrogens with zero attached hydrogens (tertiary/aromatic N) is 2. The zero-order valence-electron chi connectivity index (χ0n) is 10.5. The van der Waals surface area contributed by atoms with Gasteiger partial charge in [-0.3, -0.25) is 4.79 Å². The molecule has 19 heavy (non-hydrogen) atoms. The van der Waals surface area contributed by atoms with E-state index in [1.54, 1.807) is 7.05 Å². The number of carbonyl (C=O) groups is 1. The van der Waals surface area contributed by atoms with Crippen molar-refractivity contribution < 1.29 is 13.6 Å². The van der Waals surface area contributed by atoms with E-state index in [1.165, 1.54) is 22.3 Å². The van der Waals surface area contributed by atoms with Crippen molar-refractivity contribution >= 4 is 17.2 Å². The lowest BCUT2D eigenvalue weighted by atomic mass is 10.2. The topological polar surface area (TPSA) is 33.2 Å². The Labute approximate surface area is 113 Å². The first kappa shape index (κ1) is 13.6. The molecular formula is C13H12F2N2OS. The summed E-state index contributed by atoms with van der Waals surface area (Å²) < 4.78 is 26.5. The SMILES string of the molecule is Cc1ccsc1CN(C)C(=O)c1ccnc(F)c1F. The zero-order valence-corrected chi connectivity index (χ0v) is 11.3. The molecule has 0 bridgehead atoms. The number of aromatic nitrogens is 1. The van der Waals surface area contributed by atoms with E-state index in [0.29, 0.717) is 6.54 Å². The summed E-state index contributed by atoms with van der Waals surface area (Å²) in [5.74, 6) is -3.03. The number of rotatable bonds is 3. The van der Waals surface area contributed by atoms with Gasteiger partial charge < -0.3 is 4.90 Å². The summed E-state index contributed by atoms with van der Waals surface area (Å²) in [6, 6.07) is 3.13. The Kier molecular flexibility index (Phi) is 3.90. The minimum Gasteiger partial charge on any atom is -0.336 e. The van der Waals surface area contributed by atoms with Crippen LogP contribution in [-0.2, 0) is 6.54 Å². The molecule has 2 rings (SSSR count). The number of hydrogen-bond acceptors (Lipinski definition) is 3. The smallest absolute Gasteiger partial charge is 0.257 e. The molecule has 0 N–H and O–H groups in total. The van der Waals surface area contributed by atoms with Crippen LogP contribution in [0.5, 0.6) is 0 Å². The molecule has 0 aromatic carbocycles. The molecule has 100 valence electrons. The first-order chi connectivity index (χ1) is 9.00. The van der Waals surface area contributed by atoms with E-state index < -0.39 is 17.7 Å². The Morgan fingerprint density at radius 3 is 2.79 bits per heavy atom. The molecule has 0 radical (unpaired) electrons. The second-order valence-corrected chi connectivity index (χ2v) is 5.15. The molecule has 0 unspecified atom stereocenters. The van der Waals surface area contributed by atoms with E-state index in [9.17, 15) is 13.6 Å². The normalized spacial score (nSPS) is 10.5. The molecule has 0 aliphatic rings. The molecule has 0 atom stereocenters. The third kappa shape index (κ3) is 2.78. The third-order valence-corrected chi connectivity index (χ3v) is 3.78. The first-order valence-corrected chi connectivity index (χ1v) is 6.47. The maximum absolute atomic E-state index is 13.5. The second-order valence-electron chi connectivity index (χ2n) is 4.15. The van der Waals surface area contributed by atoms with Gasteiger partial charge in [0.05, 0.1) is 12.1 Å². The third-order valence-electron chi connectivity index (χ3n) is 2.77. The van der Waals surface area contributed by atoms with E-state index in [-0.39, 0.29) is 5.56 Å². The van der Waals surface area contributed by atoms with Crippen LogP contribution in [0.15, 0.2) is 23.7 Å². The van der Waals surface area contributed by atoms with Gasteiger partial charge in [0.1, 0.15) is 0 Å². The van der Waals surface area contributed by atoms with Gasteiger partial charge >= 0.3 is 0 Å². The number of amides is 1. The van der Waals surface area contributed by atoms with Crippen LogP contribution in [0.2, 0.25) is 0 Å². The fraction of sp³-hybridized carbons (Fsp3) is 0.231. The molecule has 2 aromatic heterocycles. The van der Waals surface area contributed by atoms with Gasteiger partial charge in [0, 0.05) is 18.1 Å². The van der Waals surface area contributed by atoms with Crippen LogP contribution in [0.4, 0.5) is 8.78 Å². The van der Waals surface area contributed by atoms with E-state index in [0.717, 1.165) is 16.6 Å². The fourth-order valence-electron chi connectivity index (χ4n) is 1.64. The molecule has 0 spiro atoms. The van der Waals surface area contributed by atoms with Gasteiger partial charge in [-0.15, -0.1) is 11.3 Å². The number of pyridine rings is 1. The second kappa shape index (κ2) is 5.44. The molecule has 3 nitrogen and oxygen atoms in total. The summed E-state index contributed by atoms with van der Waals surface area (Å²) in [5, 5.41) is 1.93. The van der Waals surface area contributed by atoms with Crippen molar-refractivity contribution in [2.45, 2.75) is 13.5 Å². The number of thiophene rings is 1. The minimum atomic E-state index is -1.26. The highest BCUT2D eigenvalue weighted by atomic mass is 32.1. The van der Waals surface area contributed by atoms with Crippen LogP contribution in [0.3, 0.4) is 0 Å². The molecule has 0 saturated heterocycles. The van der Waals surface area contributed by atoms with Gasteiger partial charge in [0.25, 0.3) is 5.91 Å². The van der Waals surface area contributed by atoms with E-state index in [1.807, 2.05) is 18.4 Å². The number of carbonyl (C=O) groups excluding carboxylic acids is 1. The number of halogens is 2. The number of hydrogen-bond donors (Lipinski definition) is 0. The van der Waals surface area contributed by atoms with Crippen molar-refractivity contribution in [3.05, 3.63) is 51.5 Å². The van der Waals surface area contributed by atoms with Gasteiger partial charge in [-0.25, -0.2) is 9.37 Å². The molecular weight excluding hydrogens is 270 g/mol. The maximum atomic E-state index is 13.5. The van der Waals surface area contributed by atoms with Crippen LogP contribution in [0.1, 0.15) is 20.8 Å². The van der Waals surface area contributed by atoms with Crippen molar-refractivity contribution in [3.8, 4) is 0 Å². The Balaban J connectivity index is 2.20. The fourth-order valence-corrected chi connectivity index (χ4v) is 2.60. The van der Waals surface area contributed by atoms with E-state index in [4.69, 9.17) is 0 Å². The van der Waals surface area contributed by atoms with Gasteiger partial charge in [-0.1, -0.05) is 0 Å². The average Bonchev–Trinajstić information content (AvgIpc) is 2.77. The highest BCUT2D eigenvalue weighted by Gasteiger charge is 2.20. The van der Waals surface area contributed by atoms with Gasteiger partial charge in [0.2, 0.25) is 5.95 Å². The lowest BCUT2D eigenvalue weighted by Crippen LogP contribution is -2.27. The summed E-state index contributed by atoms with van der Waals surface area (Å²) >= 11 is 1.52. The Bertz CT molecular complexity index is 612. The predicted molar refractivity (Wildman–Crippen MR) is 69.0 cm³/mol. The largest absolute Gasteiger partial charge is 0.336 e. The van der Waals surface area contributed by atoms with Crippen LogP contribution < -0.4 is 0 Å². The van der Waals surface area contributed by atoms with Crippen molar-refractivity contribution in [1.82, 2.24) is 9.88 Å². The number of aryl methyl sites for hydroxylation is 1. The van der Waals surface area contributed by atoms with E-state index >= 15 is 0 Å². The highest BCUT2D eigenvalue weighted by molar-refractivity contribution is 7.10. The Morgan fingerprint density at radius 1 is 1.42 bits per heavy atom. The van der Waals surface area contributed by atoms with E-state index in [2.05, 4.69) is 4.98 Å². The molecule has 6 heteroatoms. The standard InChI is InChI=1S/C13H12F2N2OS/c1-8-4-6-19-10(8)7-17(2)13(18)9-3-5-16-12(15)11(9)14/h3-6H,7H2,1-2H3. The lowest BCUT2D eigenvalue weighted by Gasteiger charge is -2.17. The predicted octanol–water partition coefficient (Wildman–Crippen LogP) is 3.00. The molecule has 0 fully saturated rings. The summed E-state index contributed by atoms with van der Waals surface area (Å²) in [5.41, 5.74) is 0.773. The van der Waals surface area contributed by atoms with Crippen LogP contribution in [-0.4, -0.2) is 22.8 Å². The van der Waals surface area contributed by atoms with Crippen molar-refractivity contribution in [2.75, 3.05) is 7.05 Å². The molecule has 1 amide bonds. The van der Waals surface area contributed by atoms with Crippen molar-refractivity contribution in [3.63, 3.8) is 0 Å². The summed E-state index contributed by atoms with van der Waals surface area (Å²) in [4.78, 5) is 17.6. The highest BCUT2D eigenvalue weighted by Crippen LogP contribution is 2.19. The molecule has 0 aliphatic heterocycles. The minimum absolute atomic E-state index is 0.302. The average molecular weight is 282 g/mol. The lowest BCUT2D eigenvalue weighted by molar-refractivity contribution is 0.0780. The summed E-state index contributed by atoms with van der Waals surface area (Å²) in [7, 11) is 1.55. The molecule has 0 aliphatic carbocycles. The summed E-state index contributed by atoms with van der Waals surface area (Å²) in [6.45, 7) is 2.31. The van der Waals surface area contributed by atoms with Gasteiger partial charge in [-0.2, -0.15) is 4.39 Å². The maximum Gasteiger partial charge on any atom is 0.257 e. The van der Waals surface area contributed by atoms with Gasteiger partial charge in [0.15, 0.2) is 5.82 Å². The first-order valence-electron chi connectivity index (χ1n) is 5.59. The van der Waals surface area contributed by atoms with Crippen molar-refractivity contribution in [2.24, 2.45) is 0 Å². The molecule has 2 heterocycles.